The van der Waals surface area contributed by atoms with Crippen LogP contribution in [-0.4, -0.2) is 35.2 Å². The predicted octanol–water partition coefficient (Wildman–Crippen LogP) is 1.84. The number of amides is 1. The van der Waals surface area contributed by atoms with Gasteiger partial charge in [-0.05, 0) is 19.8 Å². The van der Waals surface area contributed by atoms with Gasteiger partial charge in [0.1, 0.15) is 5.76 Å². The van der Waals surface area contributed by atoms with Gasteiger partial charge in [-0.15, -0.1) is 11.3 Å². The molecular weight excluding hydrogens is 276 g/mol. The Hall–Kier alpha value is -1.89. The van der Waals surface area contributed by atoms with Gasteiger partial charge in [0.05, 0.1) is 0 Å². The number of aryl methyl sites for hydroxylation is 1. The first-order valence-electron chi connectivity index (χ1n) is 6.61. The second-order valence-corrected chi connectivity index (χ2v) is 5.71. The van der Waals surface area contributed by atoms with Gasteiger partial charge in [0.25, 0.3) is 5.91 Å². The van der Waals surface area contributed by atoms with Crippen molar-refractivity contribution < 1.29 is 9.32 Å². The Bertz CT molecular complexity index is 581. The van der Waals surface area contributed by atoms with Crippen molar-refractivity contribution in [3.8, 4) is 0 Å². The normalized spacial score (nSPS) is 18.4. The van der Waals surface area contributed by atoms with E-state index < -0.39 is 0 Å². The molecule has 1 fully saturated rings. The molecule has 3 rings (SSSR count). The van der Waals surface area contributed by atoms with E-state index >= 15 is 0 Å². The third-order valence-electron chi connectivity index (χ3n) is 3.40. The van der Waals surface area contributed by atoms with Crippen molar-refractivity contribution in [1.29, 1.82) is 0 Å². The molecule has 0 aromatic carbocycles. The fourth-order valence-corrected chi connectivity index (χ4v) is 3.17. The molecule has 0 unspecified atom stereocenters. The molecule has 2 aromatic heterocycles. The van der Waals surface area contributed by atoms with Crippen LogP contribution in [0.2, 0.25) is 0 Å². The number of carbonyl (C=O) groups excluding carboxylic acids is 1. The first-order valence-corrected chi connectivity index (χ1v) is 7.49. The Morgan fingerprint density at radius 1 is 1.65 bits per heavy atom. The molecular formula is C13H16N4O2S. The highest BCUT2D eigenvalue weighted by molar-refractivity contribution is 7.13. The van der Waals surface area contributed by atoms with Crippen LogP contribution in [0.5, 0.6) is 0 Å². The fraction of sp³-hybridized carbons (Fsp3) is 0.462. The maximum absolute atomic E-state index is 11.9. The number of carbonyl (C=O) groups is 1. The van der Waals surface area contributed by atoms with Gasteiger partial charge in [-0.3, -0.25) is 4.79 Å². The van der Waals surface area contributed by atoms with Crippen LogP contribution in [0.4, 0.5) is 5.13 Å². The third kappa shape index (κ3) is 2.67. The molecule has 0 saturated carbocycles. The molecule has 2 aromatic rings. The van der Waals surface area contributed by atoms with Crippen molar-refractivity contribution in [1.82, 2.24) is 15.5 Å². The average Bonchev–Trinajstić information content (AvgIpc) is 3.16. The third-order valence-corrected chi connectivity index (χ3v) is 4.21. The van der Waals surface area contributed by atoms with Crippen LogP contribution in [0.25, 0.3) is 0 Å². The van der Waals surface area contributed by atoms with Crippen LogP contribution in [-0.2, 0) is 0 Å². The van der Waals surface area contributed by atoms with E-state index in [1.807, 2.05) is 11.6 Å². The summed E-state index contributed by atoms with van der Waals surface area (Å²) in [6.45, 7) is 3.37. The maximum Gasteiger partial charge on any atom is 0.273 e. The van der Waals surface area contributed by atoms with E-state index in [-0.39, 0.29) is 5.91 Å². The first-order chi connectivity index (χ1) is 9.74. The summed E-state index contributed by atoms with van der Waals surface area (Å²) >= 11 is 1.63. The lowest BCUT2D eigenvalue weighted by Gasteiger charge is -2.23. The van der Waals surface area contributed by atoms with E-state index in [9.17, 15) is 4.79 Å². The summed E-state index contributed by atoms with van der Waals surface area (Å²) in [6.07, 6.45) is 4.01. The molecule has 1 amide bonds. The van der Waals surface area contributed by atoms with Crippen molar-refractivity contribution in [2.45, 2.75) is 25.8 Å². The van der Waals surface area contributed by atoms with Gasteiger partial charge in [-0.25, -0.2) is 4.98 Å². The predicted molar refractivity (Wildman–Crippen MR) is 76.1 cm³/mol. The zero-order valence-corrected chi connectivity index (χ0v) is 12.0. The number of nitrogens with zero attached hydrogens (tertiary/aromatic N) is 3. The zero-order chi connectivity index (χ0) is 13.9. The highest BCUT2D eigenvalue weighted by atomic mass is 32.1. The Kier molecular flexibility index (Phi) is 3.68. The van der Waals surface area contributed by atoms with E-state index in [1.165, 1.54) is 0 Å². The van der Waals surface area contributed by atoms with Crippen LogP contribution >= 0.6 is 11.3 Å². The number of aromatic nitrogens is 2. The number of nitrogens with one attached hydrogen (secondary N) is 1. The number of hydrogen-bond acceptors (Lipinski definition) is 6. The lowest BCUT2D eigenvalue weighted by molar-refractivity contribution is 0.0942. The second-order valence-electron chi connectivity index (χ2n) is 4.84. The molecule has 1 aliphatic rings. The zero-order valence-electron chi connectivity index (χ0n) is 11.2. The van der Waals surface area contributed by atoms with Crippen molar-refractivity contribution in [3.63, 3.8) is 0 Å². The lowest BCUT2D eigenvalue weighted by Crippen LogP contribution is -2.40. The van der Waals surface area contributed by atoms with Crippen LogP contribution in [0.15, 0.2) is 22.2 Å². The van der Waals surface area contributed by atoms with Gasteiger partial charge in [-0.2, -0.15) is 0 Å². The largest absolute Gasteiger partial charge is 0.361 e. The molecule has 1 N–H and O–H groups in total. The lowest BCUT2D eigenvalue weighted by atomic mass is 10.2. The number of anilines is 1. The maximum atomic E-state index is 11.9. The smallest absolute Gasteiger partial charge is 0.273 e. The van der Waals surface area contributed by atoms with Crippen molar-refractivity contribution in [2.24, 2.45) is 0 Å². The van der Waals surface area contributed by atoms with Crippen molar-refractivity contribution in [3.05, 3.63) is 29.1 Å². The molecule has 1 saturated heterocycles. The topological polar surface area (TPSA) is 71.3 Å². The van der Waals surface area contributed by atoms with Gasteiger partial charge >= 0.3 is 0 Å². The highest BCUT2D eigenvalue weighted by Crippen LogP contribution is 2.26. The molecule has 6 nitrogen and oxygen atoms in total. The van der Waals surface area contributed by atoms with Crippen LogP contribution in [0.3, 0.4) is 0 Å². The molecule has 1 aliphatic heterocycles. The van der Waals surface area contributed by atoms with Crippen LogP contribution in [0, 0.1) is 6.92 Å². The summed E-state index contributed by atoms with van der Waals surface area (Å²) in [5.41, 5.74) is 0.335. The number of hydrogen-bond donors (Lipinski definition) is 1. The van der Waals surface area contributed by atoms with Gasteiger partial charge in [0.15, 0.2) is 10.8 Å². The van der Waals surface area contributed by atoms with E-state index in [1.54, 1.807) is 24.3 Å². The summed E-state index contributed by atoms with van der Waals surface area (Å²) in [5, 5.41) is 9.64. The minimum atomic E-state index is -0.187. The first kappa shape index (κ1) is 13.1. The van der Waals surface area contributed by atoms with Gasteiger partial charge in [0, 0.05) is 36.8 Å². The number of rotatable bonds is 4. The highest BCUT2D eigenvalue weighted by Gasteiger charge is 2.26. The monoisotopic (exact) mass is 292 g/mol. The molecule has 20 heavy (non-hydrogen) atoms. The summed E-state index contributed by atoms with van der Waals surface area (Å²) in [7, 11) is 0. The van der Waals surface area contributed by atoms with Gasteiger partial charge in [0.2, 0.25) is 0 Å². The molecule has 0 bridgehead atoms. The minimum absolute atomic E-state index is 0.187. The van der Waals surface area contributed by atoms with E-state index in [0.717, 1.165) is 24.5 Å². The Morgan fingerprint density at radius 2 is 2.55 bits per heavy atom. The second kappa shape index (κ2) is 5.62. The summed E-state index contributed by atoms with van der Waals surface area (Å²) in [4.78, 5) is 18.5. The van der Waals surface area contributed by atoms with Gasteiger partial charge in [-0.1, -0.05) is 5.16 Å². The van der Waals surface area contributed by atoms with Crippen LogP contribution < -0.4 is 10.2 Å². The molecule has 1 atom stereocenters. The number of thiazole rings is 1. The van der Waals surface area contributed by atoms with E-state index in [4.69, 9.17) is 4.52 Å². The quantitative estimate of drug-likeness (QED) is 0.931. The minimum Gasteiger partial charge on any atom is -0.361 e. The SMILES string of the molecule is Cc1cc(C(=O)NC[C@H]2CCCN2c2nccs2)no1. The molecule has 7 heteroatoms. The Balaban J connectivity index is 1.59. The van der Waals surface area contributed by atoms with Crippen LogP contribution in [0.1, 0.15) is 29.1 Å². The summed E-state index contributed by atoms with van der Waals surface area (Å²) in [5.74, 6) is 0.452. The molecule has 106 valence electrons. The average molecular weight is 292 g/mol. The molecule has 0 spiro atoms. The Labute approximate surface area is 120 Å². The molecule has 3 heterocycles. The van der Waals surface area contributed by atoms with Crippen molar-refractivity contribution in [2.75, 3.05) is 18.0 Å². The fourth-order valence-electron chi connectivity index (χ4n) is 2.43. The molecule has 0 aliphatic carbocycles. The van der Waals surface area contributed by atoms with E-state index in [2.05, 4.69) is 20.4 Å². The summed E-state index contributed by atoms with van der Waals surface area (Å²) < 4.78 is 4.91. The summed E-state index contributed by atoms with van der Waals surface area (Å²) in [6, 6.07) is 1.95. The van der Waals surface area contributed by atoms with Gasteiger partial charge < -0.3 is 14.7 Å². The standard InChI is InChI=1S/C13H16N4O2S/c1-9-7-11(16-19-9)12(18)15-8-10-3-2-5-17(10)13-14-4-6-20-13/h4,6-7,10H,2-3,5,8H2,1H3,(H,15,18)/t10-/m1/s1. The van der Waals surface area contributed by atoms with Crippen molar-refractivity contribution >= 4 is 22.4 Å². The Morgan fingerprint density at radius 3 is 3.25 bits per heavy atom. The molecule has 0 radical (unpaired) electrons. The van der Waals surface area contributed by atoms with E-state index in [0.29, 0.717) is 24.0 Å².